The summed E-state index contributed by atoms with van der Waals surface area (Å²) in [5.74, 6) is 0.582. The van der Waals surface area contributed by atoms with Crippen molar-refractivity contribution in [1.82, 2.24) is 15.3 Å². The van der Waals surface area contributed by atoms with E-state index in [2.05, 4.69) is 43.1 Å². The van der Waals surface area contributed by atoms with Gasteiger partial charge < -0.3 is 10.4 Å². The van der Waals surface area contributed by atoms with Crippen molar-refractivity contribution in [3.63, 3.8) is 0 Å². The van der Waals surface area contributed by atoms with Gasteiger partial charge in [-0.3, -0.25) is 4.99 Å². The molecule has 0 fully saturated rings. The topological polar surface area (TPSA) is 75.8 Å². The summed E-state index contributed by atoms with van der Waals surface area (Å²) in [7, 11) is 1.00. The normalized spacial score (nSPS) is 19.3. The Kier molecular flexibility index (Phi) is 20.0. The Morgan fingerprint density at radius 3 is 1.86 bits per heavy atom. The van der Waals surface area contributed by atoms with Gasteiger partial charge in [-0.25, -0.2) is 10.0 Å². The molecule has 0 saturated carbocycles. The lowest BCUT2D eigenvalue weighted by atomic mass is 10.1. The number of nitrogens with one attached hydrogen (secondary N) is 1. The van der Waals surface area contributed by atoms with Crippen LogP contribution in [0.3, 0.4) is 0 Å². The number of halogens is 7. The van der Waals surface area contributed by atoms with Gasteiger partial charge in [0.1, 0.15) is 13.1 Å². The zero-order valence-electron chi connectivity index (χ0n) is 20.2. The molecule has 0 aromatic rings. The number of aliphatic hydroxyl groups excluding tert-OH is 1. The number of hydrazone groups is 2. The van der Waals surface area contributed by atoms with Gasteiger partial charge in [0.05, 0.1) is 13.1 Å². The van der Waals surface area contributed by atoms with Gasteiger partial charge in [0.2, 0.25) is 0 Å². The predicted molar refractivity (Wildman–Crippen MR) is 145 cm³/mol. The summed E-state index contributed by atoms with van der Waals surface area (Å²) in [4.78, 5) is 5.50. The first-order chi connectivity index (χ1) is 16.4. The number of rotatable bonds is 4. The number of aliphatic hydroxyl groups is 1. The first-order valence-corrected chi connectivity index (χ1v) is 14.1. The molecule has 2 rings (SSSR count). The largest absolute Gasteiger partial charge is 0.408 e. The number of amidine groups is 1. The molecule has 2 heterocycles. The molecule has 206 valence electrons. The van der Waals surface area contributed by atoms with Gasteiger partial charge in [-0.2, -0.15) is 36.5 Å². The zero-order valence-corrected chi connectivity index (χ0v) is 24.0. The van der Waals surface area contributed by atoms with Crippen LogP contribution in [0.25, 0.3) is 0 Å². The highest BCUT2D eigenvalue weighted by Crippen LogP contribution is 2.19. The summed E-state index contributed by atoms with van der Waals surface area (Å²) in [6.07, 6.45) is -1.50. The van der Waals surface area contributed by atoms with Crippen LogP contribution in [-0.4, -0.2) is 94.7 Å². The Morgan fingerprint density at radius 2 is 1.49 bits per heavy atom. The van der Waals surface area contributed by atoms with E-state index in [4.69, 9.17) is 17.3 Å². The maximum atomic E-state index is 12.0. The van der Waals surface area contributed by atoms with Crippen LogP contribution in [0, 0.1) is 11.8 Å². The molecule has 0 bridgehead atoms. The fourth-order valence-electron chi connectivity index (χ4n) is 2.39. The van der Waals surface area contributed by atoms with Crippen LogP contribution in [0.4, 0.5) is 26.3 Å². The fourth-order valence-corrected chi connectivity index (χ4v) is 3.11. The summed E-state index contributed by atoms with van der Waals surface area (Å²) < 4.78 is 71.6. The second-order valence-electron chi connectivity index (χ2n) is 6.72. The van der Waals surface area contributed by atoms with E-state index in [9.17, 15) is 26.3 Å². The van der Waals surface area contributed by atoms with Crippen LogP contribution >= 0.6 is 46.6 Å². The van der Waals surface area contributed by atoms with E-state index in [0.29, 0.717) is 24.2 Å². The van der Waals surface area contributed by atoms with E-state index in [0.717, 1.165) is 20.0 Å². The van der Waals surface area contributed by atoms with E-state index >= 15 is 0 Å². The molecule has 2 N–H and O–H groups in total. The number of nitrogens with zero attached hydrogens (tertiary/aromatic N) is 5. The average Bonchev–Trinajstić information content (AvgIpc) is 3.50. The molecule has 0 saturated heterocycles. The van der Waals surface area contributed by atoms with E-state index < -0.39 is 25.4 Å². The molecule has 0 aromatic carbocycles. The van der Waals surface area contributed by atoms with Crippen LogP contribution in [0.2, 0.25) is 0 Å². The highest BCUT2D eigenvalue weighted by atomic mass is 127. The van der Waals surface area contributed by atoms with Crippen LogP contribution in [0.15, 0.2) is 15.2 Å². The Bertz CT molecular complexity index is 679. The Balaban J connectivity index is 0. The molecule has 2 atom stereocenters. The minimum atomic E-state index is -4.26. The highest BCUT2D eigenvalue weighted by molar-refractivity contribution is 14.1. The summed E-state index contributed by atoms with van der Waals surface area (Å²) in [6, 6.07) is 0. The van der Waals surface area contributed by atoms with Gasteiger partial charge in [0.15, 0.2) is 10.3 Å². The van der Waals surface area contributed by atoms with E-state index in [1.165, 1.54) is 21.8 Å². The summed E-state index contributed by atoms with van der Waals surface area (Å²) >= 11 is 8.12. The first kappa shape index (κ1) is 36.3. The minimum absolute atomic E-state index is 0.0273. The van der Waals surface area contributed by atoms with Crippen LogP contribution < -0.4 is 5.32 Å². The van der Waals surface area contributed by atoms with Crippen molar-refractivity contribution in [1.29, 1.82) is 0 Å². The van der Waals surface area contributed by atoms with Gasteiger partial charge in [0, 0.05) is 31.4 Å². The summed E-state index contributed by atoms with van der Waals surface area (Å²) in [6.45, 7) is 2.92. The van der Waals surface area contributed by atoms with Crippen LogP contribution in [-0.2, 0) is 0 Å². The molecule has 0 aromatic heterocycles. The molecule has 2 aliphatic heterocycles. The molecular weight excluding hydrogens is 633 g/mol. The molecule has 0 aliphatic carbocycles. The Hall–Kier alpha value is -0.880. The van der Waals surface area contributed by atoms with Crippen molar-refractivity contribution in [2.45, 2.75) is 39.0 Å². The first-order valence-electron chi connectivity index (χ1n) is 10.3. The van der Waals surface area contributed by atoms with Crippen molar-refractivity contribution in [2.75, 3.05) is 44.5 Å². The van der Waals surface area contributed by atoms with Crippen molar-refractivity contribution < 1.29 is 31.4 Å². The molecule has 2 aliphatic rings. The van der Waals surface area contributed by atoms with Gasteiger partial charge in [-0.1, -0.05) is 48.2 Å². The standard InChI is InChI=1S/C9H14F3N3S.C8H12F3N3S.CH3I.CH4O/c1-3-7-4-14-15(5-7)8(16-2)13-6-9(10,11)12;1-2-6-3-13-14(4-6)7(15)12-5-8(9,10)11;2*1-2/h4,7H,3,5-6H2,1-2H3;3,6H,2,4-5H2,1H3,(H,12,15);1H3;2H,1H3. The van der Waals surface area contributed by atoms with Gasteiger partial charge in [-0.05, 0) is 36.2 Å². The third-order valence-electron chi connectivity index (χ3n) is 4.17. The minimum Gasteiger partial charge on any atom is -0.400 e. The Morgan fingerprint density at radius 1 is 1.03 bits per heavy atom. The van der Waals surface area contributed by atoms with E-state index in [-0.39, 0.29) is 11.0 Å². The maximum absolute atomic E-state index is 12.0. The third kappa shape index (κ3) is 17.3. The second-order valence-corrected chi connectivity index (χ2v) is 7.88. The number of aliphatic imine (C=N–C) groups is 1. The van der Waals surface area contributed by atoms with Crippen molar-refractivity contribution in [3.8, 4) is 0 Å². The number of hydrogen-bond donors (Lipinski definition) is 2. The van der Waals surface area contributed by atoms with Crippen LogP contribution in [0.5, 0.6) is 0 Å². The van der Waals surface area contributed by atoms with Gasteiger partial charge >= 0.3 is 12.4 Å². The van der Waals surface area contributed by atoms with Gasteiger partial charge in [-0.15, -0.1) is 0 Å². The summed E-state index contributed by atoms with van der Waals surface area (Å²) in [5.41, 5.74) is 0. The third-order valence-corrected chi connectivity index (χ3v) is 5.23. The molecule has 2 unspecified atom stereocenters. The Labute approximate surface area is 226 Å². The zero-order chi connectivity index (χ0) is 27.7. The second kappa shape index (κ2) is 19.3. The molecule has 35 heavy (non-hydrogen) atoms. The van der Waals surface area contributed by atoms with E-state index in [1.807, 2.05) is 18.8 Å². The smallest absolute Gasteiger partial charge is 0.400 e. The van der Waals surface area contributed by atoms with Crippen LogP contribution in [0.1, 0.15) is 26.7 Å². The van der Waals surface area contributed by atoms with E-state index in [1.54, 1.807) is 18.7 Å². The lowest BCUT2D eigenvalue weighted by Gasteiger charge is -2.18. The SMILES string of the molecule is CCC1C=NN(C(=NCC(F)(F)F)SC)C1.CCC1C=NN(C(=S)NCC(F)(F)F)C1.CI.CO. The maximum Gasteiger partial charge on any atom is 0.408 e. The summed E-state index contributed by atoms with van der Waals surface area (Å²) in [5, 5.41) is 20.4. The number of hydrogen-bond acceptors (Lipinski definition) is 6. The molecular formula is C19H33F6IN6OS2. The quantitative estimate of drug-likeness (QED) is 0.110. The molecule has 0 radical (unpaired) electrons. The lowest BCUT2D eigenvalue weighted by Crippen LogP contribution is -2.40. The number of thiocarbonyl (C=S) groups is 1. The predicted octanol–water partition coefficient (Wildman–Crippen LogP) is 5.01. The van der Waals surface area contributed by atoms with Crippen molar-refractivity contribution >= 4 is 69.3 Å². The molecule has 0 amide bonds. The fraction of sp³-hybridized carbons (Fsp3) is 0.789. The lowest BCUT2D eigenvalue weighted by molar-refractivity contribution is -0.122. The highest BCUT2D eigenvalue weighted by Gasteiger charge is 2.29. The molecule has 7 nitrogen and oxygen atoms in total. The molecule has 0 spiro atoms. The number of thioether (sulfide) groups is 1. The van der Waals surface area contributed by atoms with Crippen molar-refractivity contribution in [2.24, 2.45) is 27.0 Å². The van der Waals surface area contributed by atoms with Gasteiger partial charge in [0.25, 0.3) is 0 Å². The number of alkyl halides is 7. The monoisotopic (exact) mass is 666 g/mol. The molecule has 16 heteroatoms. The average molecular weight is 667 g/mol. The van der Waals surface area contributed by atoms with Crippen molar-refractivity contribution in [3.05, 3.63) is 0 Å².